The summed E-state index contributed by atoms with van der Waals surface area (Å²) >= 11 is 0. The molecule has 2 aromatic rings. The molecule has 0 unspecified atom stereocenters. The van der Waals surface area contributed by atoms with Gasteiger partial charge in [-0.05, 0) is 30.7 Å². The Morgan fingerprint density at radius 3 is 2.38 bits per heavy atom. The Hall–Kier alpha value is -2.12. The average Bonchev–Trinajstić information content (AvgIpc) is 2.68. The molecule has 0 saturated carbocycles. The number of hydrogen-bond donors (Lipinski definition) is 1. The highest BCUT2D eigenvalue weighted by Gasteiger charge is 2.17. The van der Waals surface area contributed by atoms with Crippen molar-refractivity contribution in [3.05, 3.63) is 54.2 Å². The molecule has 0 radical (unpaired) electrons. The number of rotatable bonds is 7. The molecule has 1 aromatic heterocycles. The van der Waals surface area contributed by atoms with E-state index in [2.05, 4.69) is 26.4 Å². The van der Waals surface area contributed by atoms with Crippen LogP contribution in [-0.2, 0) is 16.4 Å². The first-order valence-electron chi connectivity index (χ1n) is 9.03. The van der Waals surface area contributed by atoms with Gasteiger partial charge in [-0.3, -0.25) is 4.72 Å². The third kappa shape index (κ3) is 5.19. The van der Waals surface area contributed by atoms with Crippen molar-refractivity contribution >= 4 is 21.5 Å². The van der Waals surface area contributed by atoms with Gasteiger partial charge >= 0.3 is 0 Å². The number of aryl methyl sites for hydroxylation is 1. The van der Waals surface area contributed by atoms with Gasteiger partial charge in [0, 0.05) is 26.2 Å². The summed E-state index contributed by atoms with van der Waals surface area (Å²) in [6.07, 6.45) is 2.23. The van der Waals surface area contributed by atoms with E-state index >= 15 is 0 Å². The Morgan fingerprint density at radius 1 is 1.04 bits per heavy atom. The quantitative estimate of drug-likeness (QED) is 0.805. The van der Waals surface area contributed by atoms with Gasteiger partial charge in [-0.1, -0.05) is 37.3 Å². The fourth-order valence-corrected chi connectivity index (χ4v) is 4.11. The van der Waals surface area contributed by atoms with E-state index in [1.54, 1.807) is 12.3 Å². The summed E-state index contributed by atoms with van der Waals surface area (Å²) < 4.78 is 27.1. The molecule has 26 heavy (non-hydrogen) atoms. The number of likely N-dealkylation sites (N-methyl/N-ethyl adjacent to an activating group) is 1. The van der Waals surface area contributed by atoms with Gasteiger partial charge in [0.1, 0.15) is 5.82 Å². The first kappa shape index (κ1) is 18.7. The fourth-order valence-electron chi connectivity index (χ4n) is 3.06. The monoisotopic (exact) mass is 374 g/mol. The maximum absolute atomic E-state index is 12.3. The van der Waals surface area contributed by atoms with E-state index in [4.69, 9.17) is 0 Å². The minimum atomic E-state index is -3.41. The standard InChI is InChI=1S/C19H26N4O2S/c1-2-22-11-13-23(14-12-22)18-8-9-19(20-16-18)21-26(24,25)15-10-17-6-4-3-5-7-17/h3-9,16H,2,10-15H2,1H3,(H,20,21). The van der Waals surface area contributed by atoms with Crippen molar-refractivity contribution in [1.82, 2.24) is 9.88 Å². The normalized spacial score (nSPS) is 15.8. The summed E-state index contributed by atoms with van der Waals surface area (Å²) in [6.45, 7) is 7.29. The lowest BCUT2D eigenvalue weighted by atomic mass is 10.2. The Labute approximate surface area is 155 Å². The number of piperazine rings is 1. The summed E-state index contributed by atoms with van der Waals surface area (Å²) in [4.78, 5) is 8.99. The molecule has 1 saturated heterocycles. The van der Waals surface area contributed by atoms with Crippen molar-refractivity contribution in [1.29, 1.82) is 0 Å². The molecule has 140 valence electrons. The highest BCUT2D eigenvalue weighted by Crippen LogP contribution is 2.18. The van der Waals surface area contributed by atoms with Crippen LogP contribution in [-0.4, -0.2) is 56.8 Å². The number of benzene rings is 1. The van der Waals surface area contributed by atoms with Gasteiger partial charge in [0.2, 0.25) is 10.0 Å². The number of hydrogen-bond acceptors (Lipinski definition) is 5. The molecule has 1 aliphatic heterocycles. The molecule has 2 heterocycles. The van der Waals surface area contributed by atoms with E-state index in [9.17, 15) is 8.42 Å². The highest BCUT2D eigenvalue weighted by molar-refractivity contribution is 7.92. The maximum atomic E-state index is 12.3. The molecule has 3 rings (SSSR count). The van der Waals surface area contributed by atoms with Crippen molar-refractivity contribution in [2.24, 2.45) is 0 Å². The van der Waals surface area contributed by atoms with Crippen LogP contribution in [0.2, 0.25) is 0 Å². The topological polar surface area (TPSA) is 65.5 Å². The van der Waals surface area contributed by atoms with Gasteiger partial charge in [0.25, 0.3) is 0 Å². The fraction of sp³-hybridized carbons (Fsp3) is 0.421. The summed E-state index contributed by atoms with van der Waals surface area (Å²) in [6, 6.07) is 13.3. The Morgan fingerprint density at radius 2 is 1.77 bits per heavy atom. The summed E-state index contributed by atoms with van der Waals surface area (Å²) in [5.74, 6) is 0.411. The van der Waals surface area contributed by atoms with E-state index in [0.29, 0.717) is 12.2 Å². The van der Waals surface area contributed by atoms with E-state index < -0.39 is 10.0 Å². The Balaban J connectivity index is 1.55. The van der Waals surface area contributed by atoms with Crippen LogP contribution in [0.4, 0.5) is 11.5 Å². The van der Waals surface area contributed by atoms with E-state index in [-0.39, 0.29) is 5.75 Å². The van der Waals surface area contributed by atoms with Crippen molar-refractivity contribution in [2.45, 2.75) is 13.3 Å². The second kappa shape index (κ2) is 8.51. The highest BCUT2D eigenvalue weighted by atomic mass is 32.2. The van der Waals surface area contributed by atoms with Crippen LogP contribution in [0.15, 0.2) is 48.7 Å². The second-order valence-electron chi connectivity index (χ2n) is 6.48. The van der Waals surface area contributed by atoms with E-state index in [0.717, 1.165) is 44.0 Å². The van der Waals surface area contributed by atoms with Gasteiger partial charge < -0.3 is 9.80 Å². The zero-order valence-electron chi connectivity index (χ0n) is 15.1. The molecular weight excluding hydrogens is 348 g/mol. The lowest BCUT2D eigenvalue weighted by Crippen LogP contribution is -2.46. The smallest absolute Gasteiger partial charge is 0.234 e. The number of pyridine rings is 1. The molecule has 0 spiro atoms. The summed E-state index contributed by atoms with van der Waals surface area (Å²) in [7, 11) is -3.41. The van der Waals surface area contributed by atoms with Crippen LogP contribution in [0, 0.1) is 0 Å². The third-order valence-corrected chi connectivity index (χ3v) is 5.96. The molecule has 0 amide bonds. The molecule has 0 aliphatic carbocycles. The second-order valence-corrected chi connectivity index (χ2v) is 8.32. The number of aromatic nitrogens is 1. The van der Waals surface area contributed by atoms with Crippen LogP contribution >= 0.6 is 0 Å². The number of nitrogens with one attached hydrogen (secondary N) is 1. The lowest BCUT2D eigenvalue weighted by Gasteiger charge is -2.35. The van der Waals surface area contributed by atoms with Crippen molar-refractivity contribution in [3.63, 3.8) is 0 Å². The van der Waals surface area contributed by atoms with E-state index in [1.807, 2.05) is 36.4 Å². The molecule has 0 atom stereocenters. The Kier molecular flexibility index (Phi) is 6.11. The lowest BCUT2D eigenvalue weighted by molar-refractivity contribution is 0.271. The van der Waals surface area contributed by atoms with Crippen LogP contribution in [0.3, 0.4) is 0 Å². The number of anilines is 2. The molecule has 1 fully saturated rings. The molecule has 1 aliphatic rings. The maximum Gasteiger partial charge on any atom is 0.234 e. The van der Waals surface area contributed by atoms with Crippen LogP contribution < -0.4 is 9.62 Å². The molecule has 1 aromatic carbocycles. The SMILES string of the molecule is CCN1CCN(c2ccc(NS(=O)(=O)CCc3ccccc3)nc2)CC1. The molecule has 0 bridgehead atoms. The molecular formula is C19H26N4O2S. The molecule has 6 nitrogen and oxygen atoms in total. The van der Waals surface area contributed by atoms with Crippen LogP contribution in [0.25, 0.3) is 0 Å². The molecule has 7 heteroatoms. The largest absolute Gasteiger partial charge is 0.368 e. The number of sulfonamides is 1. The first-order valence-corrected chi connectivity index (χ1v) is 10.7. The van der Waals surface area contributed by atoms with Gasteiger partial charge in [-0.2, -0.15) is 0 Å². The predicted molar refractivity (Wildman–Crippen MR) is 106 cm³/mol. The van der Waals surface area contributed by atoms with Crippen molar-refractivity contribution in [2.75, 3.05) is 48.1 Å². The van der Waals surface area contributed by atoms with Crippen LogP contribution in [0.5, 0.6) is 0 Å². The zero-order valence-corrected chi connectivity index (χ0v) is 16.0. The molecule has 1 N–H and O–H groups in total. The zero-order chi connectivity index (χ0) is 18.4. The first-order chi connectivity index (χ1) is 12.6. The van der Waals surface area contributed by atoms with Crippen molar-refractivity contribution in [3.8, 4) is 0 Å². The van der Waals surface area contributed by atoms with Gasteiger partial charge in [-0.15, -0.1) is 0 Å². The summed E-state index contributed by atoms with van der Waals surface area (Å²) in [5.41, 5.74) is 2.04. The minimum absolute atomic E-state index is 0.0411. The average molecular weight is 375 g/mol. The minimum Gasteiger partial charge on any atom is -0.368 e. The van der Waals surface area contributed by atoms with Gasteiger partial charge in [0.05, 0.1) is 17.6 Å². The van der Waals surface area contributed by atoms with Gasteiger partial charge in [0.15, 0.2) is 0 Å². The van der Waals surface area contributed by atoms with Gasteiger partial charge in [-0.25, -0.2) is 13.4 Å². The summed E-state index contributed by atoms with van der Waals surface area (Å²) in [5, 5.41) is 0. The Bertz CT molecular complexity index is 786. The van der Waals surface area contributed by atoms with Crippen LogP contribution in [0.1, 0.15) is 12.5 Å². The number of nitrogens with zero attached hydrogens (tertiary/aromatic N) is 3. The third-order valence-electron chi connectivity index (χ3n) is 4.69. The van der Waals surface area contributed by atoms with E-state index in [1.165, 1.54) is 0 Å². The van der Waals surface area contributed by atoms with Crippen molar-refractivity contribution < 1.29 is 8.42 Å². The predicted octanol–water partition coefficient (Wildman–Crippen LogP) is 2.21.